The Morgan fingerprint density at radius 2 is 1.81 bits per heavy atom. The first-order valence-corrected chi connectivity index (χ1v) is 8.33. The normalized spacial score (nSPS) is 9.92. The molecular formula is C19H19ClN4O2. The van der Waals surface area contributed by atoms with E-state index in [-0.39, 0.29) is 11.3 Å². The molecule has 0 spiro atoms. The molecule has 0 unspecified atom stereocenters. The molecule has 0 aliphatic carbocycles. The maximum absolute atomic E-state index is 12.0. The number of nitrogens with zero attached hydrogens (tertiary/aromatic N) is 2. The molecule has 2 N–H and O–H groups in total. The minimum absolute atomic E-state index is 0.208. The number of amides is 2. The van der Waals surface area contributed by atoms with Gasteiger partial charge in [-0.1, -0.05) is 23.7 Å². The number of hydrogen-bond donors (Lipinski definition) is 2. The summed E-state index contributed by atoms with van der Waals surface area (Å²) in [5, 5.41) is 14.4. The number of hydrogen-bond acceptors (Lipinski definition) is 4. The van der Waals surface area contributed by atoms with Crippen LogP contribution in [0, 0.1) is 11.3 Å². The van der Waals surface area contributed by atoms with Crippen LogP contribution in [0.5, 0.6) is 0 Å². The van der Waals surface area contributed by atoms with Crippen molar-refractivity contribution in [2.45, 2.75) is 6.42 Å². The molecular weight excluding hydrogens is 352 g/mol. The number of anilines is 2. The second-order valence-corrected chi connectivity index (χ2v) is 6.26. The first kappa shape index (κ1) is 19.3. The molecule has 2 amide bonds. The van der Waals surface area contributed by atoms with Crippen molar-refractivity contribution in [3.63, 3.8) is 0 Å². The van der Waals surface area contributed by atoms with E-state index >= 15 is 0 Å². The van der Waals surface area contributed by atoms with Gasteiger partial charge in [0.2, 0.25) is 0 Å². The Morgan fingerprint density at radius 1 is 1.12 bits per heavy atom. The van der Waals surface area contributed by atoms with Crippen LogP contribution in [0.3, 0.4) is 0 Å². The van der Waals surface area contributed by atoms with Crippen molar-refractivity contribution < 1.29 is 9.59 Å². The molecule has 0 saturated heterocycles. The first-order chi connectivity index (χ1) is 12.4. The Morgan fingerprint density at radius 3 is 2.42 bits per heavy atom. The zero-order chi connectivity index (χ0) is 19.1. The van der Waals surface area contributed by atoms with E-state index < -0.39 is 11.8 Å². The molecule has 134 valence electrons. The summed E-state index contributed by atoms with van der Waals surface area (Å²) >= 11 is 5.85. The van der Waals surface area contributed by atoms with E-state index in [4.69, 9.17) is 16.9 Å². The maximum atomic E-state index is 12.0. The monoisotopic (exact) mass is 370 g/mol. The van der Waals surface area contributed by atoms with E-state index in [0.717, 1.165) is 11.3 Å². The zero-order valence-corrected chi connectivity index (χ0v) is 15.3. The topological polar surface area (TPSA) is 85.2 Å². The fraction of sp³-hybridized carbons (Fsp3) is 0.211. The third-order valence-corrected chi connectivity index (χ3v) is 3.94. The van der Waals surface area contributed by atoms with Crippen LogP contribution in [0.15, 0.2) is 42.5 Å². The predicted octanol–water partition coefficient (Wildman–Crippen LogP) is 2.58. The second-order valence-electron chi connectivity index (χ2n) is 5.82. The van der Waals surface area contributed by atoms with Gasteiger partial charge in [-0.3, -0.25) is 9.59 Å². The average molecular weight is 371 g/mol. The van der Waals surface area contributed by atoms with Gasteiger partial charge in [0.05, 0.1) is 11.3 Å². The van der Waals surface area contributed by atoms with Gasteiger partial charge in [-0.25, -0.2) is 0 Å². The quantitative estimate of drug-likeness (QED) is 0.792. The van der Waals surface area contributed by atoms with Crippen molar-refractivity contribution in [1.29, 1.82) is 5.26 Å². The first-order valence-electron chi connectivity index (χ1n) is 7.96. The van der Waals surface area contributed by atoms with Crippen molar-refractivity contribution in [2.24, 2.45) is 0 Å². The van der Waals surface area contributed by atoms with Crippen LogP contribution in [0.2, 0.25) is 5.02 Å². The van der Waals surface area contributed by atoms with Crippen molar-refractivity contribution >= 4 is 34.8 Å². The van der Waals surface area contributed by atoms with Gasteiger partial charge in [0.15, 0.2) is 0 Å². The summed E-state index contributed by atoms with van der Waals surface area (Å²) in [5.41, 5.74) is 2.58. The summed E-state index contributed by atoms with van der Waals surface area (Å²) in [4.78, 5) is 25.9. The zero-order valence-electron chi connectivity index (χ0n) is 14.5. The highest BCUT2D eigenvalue weighted by molar-refractivity contribution is 6.40. The summed E-state index contributed by atoms with van der Waals surface area (Å²) in [7, 11) is 3.93. The molecule has 2 rings (SSSR count). The highest BCUT2D eigenvalue weighted by Crippen LogP contribution is 2.20. The van der Waals surface area contributed by atoms with E-state index in [1.807, 2.05) is 49.3 Å². The number of benzene rings is 2. The van der Waals surface area contributed by atoms with Crippen LogP contribution in [0.4, 0.5) is 11.4 Å². The van der Waals surface area contributed by atoms with E-state index in [0.29, 0.717) is 18.0 Å². The molecule has 2 aromatic carbocycles. The number of halogens is 1. The van der Waals surface area contributed by atoms with Crippen molar-refractivity contribution in [1.82, 2.24) is 5.32 Å². The molecule has 0 atom stereocenters. The Labute approximate surface area is 157 Å². The Hall–Kier alpha value is -3.04. The van der Waals surface area contributed by atoms with Gasteiger partial charge in [0.25, 0.3) is 0 Å². The Balaban J connectivity index is 1.87. The summed E-state index contributed by atoms with van der Waals surface area (Å²) in [5.74, 6) is -1.61. The van der Waals surface area contributed by atoms with Gasteiger partial charge in [-0.2, -0.15) is 5.26 Å². The van der Waals surface area contributed by atoms with Gasteiger partial charge in [-0.05, 0) is 42.3 Å². The summed E-state index contributed by atoms with van der Waals surface area (Å²) < 4.78 is 0. The third-order valence-electron chi connectivity index (χ3n) is 3.71. The SMILES string of the molecule is CN(C)c1ccc(CCNC(=O)C(=O)Nc2cc(Cl)ccc2C#N)cc1. The number of rotatable bonds is 5. The fourth-order valence-electron chi connectivity index (χ4n) is 2.26. The van der Waals surface area contributed by atoms with Crippen LogP contribution in [-0.2, 0) is 16.0 Å². The molecule has 0 aliphatic heterocycles. The second kappa shape index (κ2) is 8.88. The van der Waals surface area contributed by atoms with Crippen molar-refractivity contribution in [3.8, 4) is 6.07 Å². The lowest BCUT2D eigenvalue weighted by Crippen LogP contribution is -2.36. The molecule has 26 heavy (non-hydrogen) atoms. The molecule has 6 nitrogen and oxygen atoms in total. The molecule has 0 aromatic heterocycles. The number of carbonyl (C=O) groups excluding carboxylic acids is 2. The fourth-order valence-corrected chi connectivity index (χ4v) is 2.43. The standard InChI is InChI=1S/C19H19ClN4O2/c1-24(2)16-7-3-13(4-8-16)9-10-22-18(25)19(26)23-17-11-15(20)6-5-14(17)12-21/h3-8,11H,9-10H2,1-2H3,(H,22,25)(H,23,26). The predicted molar refractivity (Wildman–Crippen MR) is 102 cm³/mol. The number of nitrogens with one attached hydrogen (secondary N) is 2. The van der Waals surface area contributed by atoms with E-state index in [1.54, 1.807) is 0 Å². The molecule has 0 bridgehead atoms. The molecule has 0 radical (unpaired) electrons. The van der Waals surface area contributed by atoms with Gasteiger partial charge in [-0.15, -0.1) is 0 Å². The van der Waals surface area contributed by atoms with E-state index in [2.05, 4.69) is 10.6 Å². The van der Waals surface area contributed by atoms with Crippen LogP contribution < -0.4 is 15.5 Å². The van der Waals surface area contributed by atoms with Crippen LogP contribution >= 0.6 is 11.6 Å². The average Bonchev–Trinajstić information content (AvgIpc) is 2.62. The third kappa shape index (κ3) is 5.23. The highest BCUT2D eigenvalue weighted by Gasteiger charge is 2.15. The largest absolute Gasteiger partial charge is 0.378 e. The maximum Gasteiger partial charge on any atom is 0.313 e. The molecule has 0 aliphatic rings. The number of nitriles is 1. The number of carbonyl (C=O) groups is 2. The lowest BCUT2D eigenvalue weighted by Gasteiger charge is -2.12. The Bertz CT molecular complexity index is 842. The van der Waals surface area contributed by atoms with Crippen molar-refractivity contribution in [3.05, 3.63) is 58.6 Å². The molecule has 7 heteroatoms. The van der Waals surface area contributed by atoms with Crippen molar-refractivity contribution in [2.75, 3.05) is 30.9 Å². The van der Waals surface area contributed by atoms with Gasteiger partial charge >= 0.3 is 11.8 Å². The van der Waals surface area contributed by atoms with Crippen LogP contribution in [0.1, 0.15) is 11.1 Å². The van der Waals surface area contributed by atoms with Gasteiger partial charge in [0.1, 0.15) is 6.07 Å². The molecule has 2 aromatic rings. The van der Waals surface area contributed by atoms with Gasteiger partial charge < -0.3 is 15.5 Å². The molecule has 0 saturated carbocycles. The smallest absolute Gasteiger partial charge is 0.313 e. The summed E-state index contributed by atoms with van der Waals surface area (Å²) in [6.45, 7) is 0.328. The van der Waals surface area contributed by atoms with E-state index in [1.165, 1.54) is 18.2 Å². The summed E-state index contributed by atoms with van der Waals surface area (Å²) in [6.07, 6.45) is 0.605. The minimum Gasteiger partial charge on any atom is -0.378 e. The van der Waals surface area contributed by atoms with Crippen LogP contribution in [-0.4, -0.2) is 32.5 Å². The minimum atomic E-state index is -0.841. The molecule has 0 heterocycles. The lowest BCUT2D eigenvalue weighted by atomic mass is 10.1. The van der Waals surface area contributed by atoms with E-state index in [9.17, 15) is 9.59 Å². The Kier molecular flexibility index (Phi) is 6.59. The van der Waals surface area contributed by atoms with Gasteiger partial charge in [0, 0.05) is 31.4 Å². The highest BCUT2D eigenvalue weighted by atomic mass is 35.5. The summed E-state index contributed by atoms with van der Waals surface area (Å²) in [6, 6.07) is 14.3. The van der Waals surface area contributed by atoms with Crippen LogP contribution in [0.25, 0.3) is 0 Å². The lowest BCUT2D eigenvalue weighted by molar-refractivity contribution is -0.136. The molecule has 0 fully saturated rings.